The Labute approximate surface area is 196 Å². The SMILES string of the molecule is C[C@](NC1CC(=O)OC1OCc1ccccc1)(C(N)=O)C(=O)c1ncc(Cc2ccccc2)[nH]1. The van der Waals surface area contributed by atoms with E-state index in [1.807, 2.05) is 60.7 Å². The molecule has 2 aromatic carbocycles. The van der Waals surface area contributed by atoms with Gasteiger partial charge in [-0.2, -0.15) is 0 Å². The van der Waals surface area contributed by atoms with Crippen molar-refractivity contribution in [1.29, 1.82) is 0 Å². The highest BCUT2D eigenvalue weighted by Gasteiger charge is 2.47. The number of nitrogens with zero attached hydrogens (tertiary/aromatic N) is 1. The van der Waals surface area contributed by atoms with E-state index in [0.717, 1.165) is 11.1 Å². The van der Waals surface area contributed by atoms with Crippen LogP contribution in [-0.4, -0.2) is 45.5 Å². The van der Waals surface area contributed by atoms with E-state index in [4.69, 9.17) is 15.2 Å². The lowest BCUT2D eigenvalue weighted by molar-refractivity contribution is -0.167. The highest BCUT2D eigenvalue weighted by molar-refractivity contribution is 6.15. The number of carbonyl (C=O) groups is 3. The molecule has 9 heteroatoms. The number of hydrogen-bond donors (Lipinski definition) is 3. The van der Waals surface area contributed by atoms with Crippen molar-refractivity contribution in [3.8, 4) is 0 Å². The van der Waals surface area contributed by atoms with Crippen molar-refractivity contribution in [2.75, 3.05) is 0 Å². The van der Waals surface area contributed by atoms with Gasteiger partial charge in [-0.3, -0.25) is 19.7 Å². The first-order chi connectivity index (χ1) is 16.3. The van der Waals surface area contributed by atoms with Gasteiger partial charge in [0.15, 0.2) is 11.4 Å². The third kappa shape index (κ3) is 5.22. The van der Waals surface area contributed by atoms with Gasteiger partial charge in [-0.05, 0) is 18.1 Å². The Morgan fingerprint density at radius 3 is 2.44 bits per heavy atom. The van der Waals surface area contributed by atoms with Gasteiger partial charge in [0.1, 0.15) is 0 Å². The van der Waals surface area contributed by atoms with Crippen LogP contribution >= 0.6 is 0 Å². The van der Waals surface area contributed by atoms with E-state index in [2.05, 4.69) is 15.3 Å². The van der Waals surface area contributed by atoms with Gasteiger partial charge in [0.25, 0.3) is 0 Å². The lowest BCUT2D eigenvalue weighted by atomic mass is 9.93. The summed E-state index contributed by atoms with van der Waals surface area (Å²) in [6.45, 7) is 1.56. The van der Waals surface area contributed by atoms with Gasteiger partial charge in [-0.25, -0.2) is 4.98 Å². The molecule has 0 radical (unpaired) electrons. The highest BCUT2D eigenvalue weighted by Crippen LogP contribution is 2.23. The summed E-state index contributed by atoms with van der Waals surface area (Å²) in [5.41, 5.74) is 6.44. The van der Waals surface area contributed by atoms with E-state index in [1.54, 1.807) is 6.20 Å². The van der Waals surface area contributed by atoms with Crippen LogP contribution < -0.4 is 11.1 Å². The second-order valence-electron chi connectivity index (χ2n) is 8.35. The van der Waals surface area contributed by atoms with Crippen LogP contribution in [0.15, 0.2) is 66.9 Å². The standard InChI is InChI=1S/C25H26N4O5/c1-25(24(26)32,21(31)22-27-14-18(28-22)12-16-8-4-2-5-9-16)29-19-13-20(30)34-23(19)33-15-17-10-6-3-7-11-17/h2-11,14,19,23,29H,12-13,15H2,1H3,(H2,26,32)(H,27,28)/t19?,23?,25-/m1/s1. The molecule has 0 aliphatic carbocycles. The molecule has 1 fully saturated rings. The van der Waals surface area contributed by atoms with Crippen molar-refractivity contribution in [1.82, 2.24) is 15.3 Å². The minimum atomic E-state index is -1.84. The average Bonchev–Trinajstić information content (AvgIpc) is 3.44. The second-order valence-corrected chi connectivity index (χ2v) is 8.35. The molecule has 0 spiro atoms. The van der Waals surface area contributed by atoms with Crippen LogP contribution in [0.25, 0.3) is 0 Å². The molecular formula is C25H26N4O5. The Morgan fingerprint density at radius 1 is 1.15 bits per heavy atom. The molecule has 9 nitrogen and oxygen atoms in total. The molecule has 1 amide bonds. The molecule has 1 aliphatic rings. The summed E-state index contributed by atoms with van der Waals surface area (Å²) in [5, 5.41) is 2.91. The Kier molecular flexibility index (Phi) is 6.85. The number of imidazole rings is 1. The lowest BCUT2D eigenvalue weighted by Gasteiger charge is -2.30. The van der Waals surface area contributed by atoms with E-state index in [9.17, 15) is 14.4 Å². The normalized spacial score (nSPS) is 19.4. The predicted molar refractivity (Wildman–Crippen MR) is 122 cm³/mol. The lowest BCUT2D eigenvalue weighted by Crippen LogP contribution is -2.63. The fourth-order valence-corrected chi connectivity index (χ4v) is 3.79. The van der Waals surface area contributed by atoms with Crippen molar-refractivity contribution in [3.05, 3.63) is 89.5 Å². The van der Waals surface area contributed by atoms with Crippen LogP contribution in [0.3, 0.4) is 0 Å². The summed E-state index contributed by atoms with van der Waals surface area (Å²) >= 11 is 0. The van der Waals surface area contributed by atoms with Crippen molar-refractivity contribution in [2.24, 2.45) is 5.73 Å². The molecule has 1 aliphatic heterocycles. The van der Waals surface area contributed by atoms with Gasteiger partial charge in [0, 0.05) is 18.3 Å². The number of ether oxygens (including phenoxy) is 2. The summed E-state index contributed by atoms with van der Waals surface area (Å²) in [7, 11) is 0. The number of amides is 1. The zero-order chi connectivity index (χ0) is 24.1. The molecule has 2 unspecified atom stereocenters. The van der Waals surface area contributed by atoms with Gasteiger partial charge in [0.05, 0.1) is 19.1 Å². The quantitative estimate of drug-likeness (QED) is 0.238. The molecule has 4 N–H and O–H groups in total. The van der Waals surface area contributed by atoms with Crippen LogP contribution in [0.5, 0.6) is 0 Å². The Balaban J connectivity index is 1.48. The van der Waals surface area contributed by atoms with Crippen molar-refractivity contribution >= 4 is 17.7 Å². The maximum Gasteiger partial charge on any atom is 0.309 e. The number of aromatic amines is 1. The number of hydrogen-bond acceptors (Lipinski definition) is 7. The molecule has 4 rings (SSSR count). The zero-order valence-corrected chi connectivity index (χ0v) is 18.7. The predicted octanol–water partition coefficient (Wildman–Crippen LogP) is 1.88. The first-order valence-electron chi connectivity index (χ1n) is 10.9. The molecule has 3 aromatic rings. The summed E-state index contributed by atoms with van der Waals surface area (Å²) in [5.74, 6) is -2.05. The number of primary amides is 1. The van der Waals surface area contributed by atoms with E-state index < -0.39 is 35.5 Å². The number of benzene rings is 2. The molecule has 1 saturated heterocycles. The maximum atomic E-state index is 13.3. The monoisotopic (exact) mass is 462 g/mol. The Hall–Kier alpha value is -3.82. The number of aromatic nitrogens is 2. The topological polar surface area (TPSA) is 136 Å². The summed E-state index contributed by atoms with van der Waals surface area (Å²) in [6.07, 6.45) is 1.04. The fourth-order valence-electron chi connectivity index (χ4n) is 3.79. The summed E-state index contributed by atoms with van der Waals surface area (Å²) in [4.78, 5) is 44.8. The second kappa shape index (κ2) is 9.98. The number of cyclic esters (lactones) is 1. The van der Waals surface area contributed by atoms with Gasteiger partial charge in [0.2, 0.25) is 18.0 Å². The third-order valence-electron chi connectivity index (χ3n) is 5.72. The van der Waals surface area contributed by atoms with Crippen LogP contribution in [0, 0.1) is 0 Å². The first kappa shape index (κ1) is 23.3. The molecule has 0 bridgehead atoms. The van der Waals surface area contributed by atoms with Crippen molar-refractivity contribution in [3.63, 3.8) is 0 Å². The number of H-pyrrole nitrogens is 1. The van der Waals surface area contributed by atoms with E-state index in [0.29, 0.717) is 12.1 Å². The molecule has 0 saturated carbocycles. The molecule has 1 aromatic heterocycles. The Morgan fingerprint density at radius 2 is 1.79 bits per heavy atom. The van der Waals surface area contributed by atoms with E-state index >= 15 is 0 Å². The van der Waals surface area contributed by atoms with Gasteiger partial charge in [-0.1, -0.05) is 60.7 Å². The smallest absolute Gasteiger partial charge is 0.309 e. The fraction of sp³-hybridized carbons (Fsp3) is 0.280. The molecular weight excluding hydrogens is 436 g/mol. The maximum absolute atomic E-state index is 13.3. The highest BCUT2D eigenvalue weighted by atomic mass is 16.7. The molecule has 3 atom stereocenters. The largest absolute Gasteiger partial charge is 0.434 e. The van der Waals surface area contributed by atoms with Gasteiger partial charge in [-0.15, -0.1) is 0 Å². The van der Waals surface area contributed by atoms with Crippen LogP contribution in [0.2, 0.25) is 0 Å². The van der Waals surface area contributed by atoms with Crippen LogP contribution in [0.4, 0.5) is 0 Å². The number of ketones is 1. The van der Waals surface area contributed by atoms with Crippen LogP contribution in [-0.2, 0) is 32.1 Å². The van der Waals surface area contributed by atoms with E-state index in [1.165, 1.54) is 6.92 Å². The zero-order valence-electron chi connectivity index (χ0n) is 18.7. The van der Waals surface area contributed by atoms with Crippen molar-refractivity contribution in [2.45, 2.75) is 44.2 Å². The number of nitrogens with one attached hydrogen (secondary N) is 2. The first-order valence-corrected chi connectivity index (χ1v) is 10.9. The number of carbonyl (C=O) groups excluding carboxylic acids is 3. The average molecular weight is 463 g/mol. The number of Topliss-reactive ketones (excluding diaryl/α,β-unsaturated/α-hetero) is 1. The van der Waals surface area contributed by atoms with Crippen LogP contribution in [0.1, 0.15) is 40.8 Å². The Bertz CT molecular complexity index is 1160. The number of rotatable bonds is 10. The van der Waals surface area contributed by atoms with Crippen molar-refractivity contribution < 1.29 is 23.9 Å². The molecule has 34 heavy (non-hydrogen) atoms. The minimum absolute atomic E-state index is 0.00766. The number of esters is 1. The summed E-state index contributed by atoms with van der Waals surface area (Å²) in [6, 6.07) is 18.3. The van der Waals surface area contributed by atoms with Gasteiger partial charge >= 0.3 is 5.97 Å². The van der Waals surface area contributed by atoms with E-state index in [-0.39, 0.29) is 18.9 Å². The minimum Gasteiger partial charge on any atom is -0.434 e. The summed E-state index contributed by atoms with van der Waals surface area (Å²) < 4.78 is 11.0. The molecule has 176 valence electrons. The third-order valence-corrected chi connectivity index (χ3v) is 5.72. The molecule has 2 heterocycles. The van der Waals surface area contributed by atoms with Gasteiger partial charge < -0.3 is 20.2 Å². The number of nitrogens with two attached hydrogens (primary N) is 1.